The van der Waals surface area contributed by atoms with Gasteiger partial charge in [-0.3, -0.25) is 0 Å². The summed E-state index contributed by atoms with van der Waals surface area (Å²) in [5.41, 5.74) is 2.87. The van der Waals surface area contributed by atoms with E-state index in [-0.39, 0.29) is 46.1 Å². The first-order valence-corrected chi connectivity index (χ1v) is 5.86. The normalized spacial score (nSPS) is 12.2. The van der Waals surface area contributed by atoms with Gasteiger partial charge in [-0.25, -0.2) is 0 Å². The average Bonchev–Trinajstić information content (AvgIpc) is 2.04. The van der Waals surface area contributed by atoms with Gasteiger partial charge >= 0.3 is 29.6 Å². The van der Waals surface area contributed by atoms with Crippen molar-refractivity contribution in [3.63, 3.8) is 0 Å². The standard InChI is InChI=1S/C15H24O.Na/c1-10-8-11(14(2,3)4)13(16)12(9-10)15(5,6)7;/h8-9,16H,1-7H3;/q;+1/p-1. The van der Waals surface area contributed by atoms with Crippen molar-refractivity contribution in [2.24, 2.45) is 0 Å². The summed E-state index contributed by atoms with van der Waals surface area (Å²) in [4.78, 5) is 0. The molecule has 0 unspecified atom stereocenters. The zero-order valence-electron chi connectivity index (χ0n) is 12.6. The van der Waals surface area contributed by atoms with Crippen LogP contribution in [0.3, 0.4) is 0 Å². The predicted molar refractivity (Wildman–Crippen MR) is 68.0 cm³/mol. The molecule has 0 atom stereocenters. The molecular formula is C15H23NaO. The Labute approximate surface area is 128 Å². The zero-order chi connectivity index (χ0) is 12.7. The minimum atomic E-state index is -0.0803. The van der Waals surface area contributed by atoms with Gasteiger partial charge in [-0.15, -0.1) is 5.75 Å². The maximum Gasteiger partial charge on any atom is 1.00 e. The fourth-order valence-electron chi connectivity index (χ4n) is 1.89. The second kappa shape index (κ2) is 5.34. The molecule has 0 N–H and O–H groups in total. The van der Waals surface area contributed by atoms with Crippen LogP contribution in [0.2, 0.25) is 0 Å². The van der Waals surface area contributed by atoms with Crippen LogP contribution in [0.25, 0.3) is 0 Å². The zero-order valence-corrected chi connectivity index (χ0v) is 14.6. The second-order valence-electron chi connectivity index (χ2n) is 6.69. The molecule has 0 fully saturated rings. The van der Waals surface area contributed by atoms with Gasteiger partial charge in [0.25, 0.3) is 0 Å². The molecule has 0 aliphatic carbocycles. The Bertz CT molecular complexity index is 359. The first kappa shape index (κ1) is 17.0. The Morgan fingerprint density at radius 3 is 1.35 bits per heavy atom. The minimum Gasteiger partial charge on any atom is -0.872 e. The van der Waals surface area contributed by atoms with Crippen LogP contribution < -0.4 is 34.7 Å². The molecule has 0 aliphatic heterocycles. The van der Waals surface area contributed by atoms with Crippen molar-refractivity contribution in [1.82, 2.24) is 0 Å². The Morgan fingerprint density at radius 1 is 0.824 bits per heavy atom. The van der Waals surface area contributed by atoms with Crippen molar-refractivity contribution in [3.8, 4) is 5.75 Å². The van der Waals surface area contributed by atoms with Crippen LogP contribution in [-0.2, 0) is 10.8 Å². The topological polar surface area (TPSA) is 23.1 Å². The predicted octanol–water partition coefficient (Wildman–Crippen LogP) is 0.668. The summed E-state index contributed by atoms with van der Waals surface area (Å²) in [7, 11) is 0. The Morgan fingerprint density at radius 2 is 1.12 bits per heavy atom. The van der Waals surface area contributed by atoms with Crippen molar-refractivity contribution in [3.05, 3.63) is 28.8 Å². The molecule has 0 aliphatic rings. The second-order valence-corrected chi connectivity index (χ2v) is 6.69. The summed E-state index contributed by atoms with van der Waals surface area (Å²) in [5.74, 6) is 0.214. The van der Waals surface area contributed by atoms with Gasteiger partial charge in [0.2, 0.25) is 0 Å². The molecule has 0 bridgehead atoms. The smallest absolute Gasteiger partial charge is 0.872 e. The Hall–Kier alpha value is 0.0200. The fraction of sp³-hybridized carbons (Fsp3) is 0.600. The maximum atomic E-state index is 12.4. The van der Waals surface area contributed by atoms with E-state index in [1.807, 2.05) is 12.1 Å². The van der Waals surface area contributed by atoms with Crippen molar-refractivity contribution in [2.45, 2.75) is 59.3 Å². The van der Waals surface area contributed by atoms with Crippen LogP contribution in [0.5, 0.6) is 5.75 Å². The Balaban J connectivity index is 0.00000256. The van der Waals surface area contributed by atoms with Gasteiger partial charge in [0.05, 0.1) is 0 Å². The van der Waals surface area contributed by atoms with Crippen LogP contribution in [0.4, 0.5) is 0 Å². The SMILES string of the molecule is Cc1cc(C(C)(C)C)c([O-])c(C(C)(C)C)c1.[Na+]. The largest absolute Gasteiger partial charge is 1.00 e. The molecule has 1 nitrogen and oxygen atoms in total. The molecule has 1 aromatic rings. The van der Waals surface area contributed by atoms with Crippen LogP contribution in [0.15, 0.2) is 12.1 Å². The summed E-state index contributed by atoms with van der Waals surface area (Å²) < 4.78 is 0. The van der Waals surface area contributed by atoms with Crippen molar-refractivity contribution in [1.29, 1.82) is 0 Å². The Kier molecular flexibility index (Phi) is 5.34. The molecule has 0 spiro atoms. The van der Waals surface area contributed by atoms with E-state index in [1.165, 1.54) is 5.56 Å². The van der Waals surface area contributed by atoms with E-state index in [0.717, 1.165) is 11.1 Å². The number of rotatable bonds is 0. The molecule has 0 saturated heterocycles. The third kappa shape index (κ3) is 4.01. The summed E-state index contributed by atoms with van der Waals surface area (Å²) in [6.07, 6.45) is 0. The van der Waals surface area contributed by atoms with Crippen molar-refractivity contribution >= 4 is 0 Å². The fourth-order valence-corrected chi connectivity index (χ4v) is 1.89. The van der Waals surface area contributed by atoms with Gasteiger partial charge in [-0.05, 0) is 28.9 Å². The van der Waals surface area contributed by atoms with Gasteiger partial charge in [0, 0.05) is 0 Å². The summed E-state index contributed by atoms with van der Waals surface area (Å²) >= 11 is 0. The average molecular weight is 242 g/mol. The van der Waals surface area contributed by atoms with Gasteiger partial charge in [0.15, 0.2) is 0 Å². The number of benzene rings is 1. The van der Waals surface area contributed by atoms with Crippen LogP contribution in [0, 0.1) is 6.92 Å². The molecule has 2 heteroatoms. The van der Waals surface area contributed by atoms with E-state index in [2.05, 4.69) is 48.5 Å². The third-order valence-corrected chi connectivity index (χ3v) is 2.85. The summed E-state index contributed by atoms with van der Waals surface area (Å²) in [6.45, 7) is 14.6. The molecule has 0 aromatic heterocycles. The van der Waals surface area contributed by atoms with Crippen molar-refractivity contribution < 1.29 is 34.7 Å². The maximum absolute atomic E-state index is 12.4. The molecule has 90 valence electrons. The molecular weight excluding hydrogens is 219 g/mol. The summed E-state index contributed by atoms with van der Waals surface area (Å²) in [5, 5.41) is 12.4. The minimum absolute atomic E-state index is 0. The van der Waals surface area contributed by atoms with Gasteiger partial charge in [-0.1, -0.05) is 59.2 Å². The monoisotopic (exact) mass is 242 g/mol. The molecule has 0 radical (unpaired) electrons. The number of hydrogen-bond donors (Lipinski definition) is 0. The quantitative estimate of drug-likeness (QED) is 0.613. The molecule has 1 aromatic carbocycles. The molecule has 17 heavy (non-hydrogen) atoms. The molecule has 0 heterocycles. The van der Waals surface area contributed by atoms with E-state index in [4.69, 9.17) is 0 Å². The third-order valence-electron chi connectivity index (χ3n) is 2.85. The van der Waals surface area contributed by atoms with Gasteiger partial charge in [0.1, 0.15) is 0 Å². The molecule has 1 rings (SSSR count). The summed E-state index contributed by atoms with van der Waals surface area (Å²) in [6, 6.07) is 4.05. The van der Waals surface area contributed by atoms with E-state index < -0.39 is 0 Å². The molecule has 0 amide bonds. The molecule has 0 saturated carbocycles. The van der Waals surface area contributed by atoms with E-state index in [9.17, 15) is 5.11 Å². The van der Waals surface area contributed by atoms with E-state index >= 15 is 0 Å². The van der Waals surface area contributed by atoms with Crippen LogP contribution in [0.1, 0.15) is 58.2 Å². The van der Waals surface area contributed by atoms with E-state index in [1.54, 1.807) is 0 Å². The first-order valence-electron chi connectivity index (χ1n) is 5.86. The van der Waals surface area contributed by atoms with Crippen LogP contribution in [-0.4, -0.2) is 0 Å². The van der Waals surface area contributed by atoms with Gasteiger partial charge < -0.3 is 5.11 Å². The number of hydrogen-bond acceptors (Lipinski definition) is 1. The van der Waals surface area contributed by atoms with Crippen LogP contribution >= 0.6 is 0 Å². The van der Waals surface area contributed by atoms with Gasteiger partial charge in [-0.2, -0.15) is 0 Å². The number of aryl methyl sites for hydroxylation is 1. The van der Waals surface area contributed by atoms with E-state index in [0.29, 0.717) is 0 Å². The van der Waals surface area contributed by atoms with Crippen molar-refractivity contribution in [2.75, 3.05) is 0 Å². The first-order chi connectivity index (χ1) is 7.03.